The van der Waals surface area contributed by atoms with Crippen LogP contribution in [-0.4, -0.2) is 22.5 Å². The minimum absolute atomic E-state index is 0.0339. The second kappa shape index (κ2) is 5.26. The van der Waals surface area contributed by atoms with E-state index in [1.165, 1.54) is 0 Å². The highest BCUT2D eigenvalue weighted by molar-refractivity contribution is 5.79. The lowest BCUT2D eigenvalue weighted by atomic mass is 9.96. The summed E-state index contributed by atoms with van der Waals surface area (Å²) in [5, 5.41) is 17.7. The van der Waals surface area contributed by atoms with Crippen molar-refractivity contribution in [1.82, 2.24) is 0 Å². The van der Waals surface area contributed by atoms with Crippen LogP contribution in [0.2, 0.25) is 0 Å². The Morgan fingerprint density at radius 3 is 2.33 bits per heavy atom. The Hall–Kier alpha value is -1.68. The summed E-state index contributed by atoms with van der Waals surface area (Å²) < 4.78 is 0. The Balaban J connectivity index is 2.91. The van der Waals surface area contributed by atoms with Gasteiger partial charge in [-0.15, -0.1) is 0 Å². The molecule has 0 spiro atoms. The molecule has 4 heteroatoms. The number of aliphatic hydroxyl groups excluding tert-OH is 1. The van der Waals surface area contributed by atoms with E-state index >= 15 is 0 Å². The molecule has 0 fully saturated rings. The monoisotopic (exact) mass is 208 g/mol. The largest absolute Gasteiger partial charge is 0.481 e. The highest BCUT2D eigenvalue weighted by atomic mass is 16.4. The molecule has 1 atom stereocenters. The van der Waals surface area contributed by atoms with Crippen molar-refractivity contribution in [3.8, 4) is 0 Å². The van der Waals surface area contributed by atoms with Gasteiger partial charge in [-0.05, 0) is 11.1 Å². The molecular formula is C11H12O4. The van der Waals surface area contributed by atoms with Crippen molar-refractivity contribution in [1.29, 1.82) is 0 Å². The van der Waals surface area contributed by atoms with Gasteiger partial charge in [-0.25, -0.2) is 0 Å². The van der Waals surface area contributed by atoms with Crippen LogP contribution in [0.3, 0.4) is 0 Å². The van der Waals surface area contributed by atoms with Crippen LogP contribution in [0.15, 0.2) is 24.3 Å². The van der Waals surface area contributed by atoms with Crippen LogP contribution in [-0.2, 0) is 16.2 Å². The smallest absolute Gasteiger partial charge is 0.311 e. The molecule has 2 N–H and O–H groups in total. The summed E-state index contributed by atoms with van der Waals surface area (Å²) in [6, 6.07) is 6.54. The van der Waals surface area contributed by atoms with Gasteiger partial charge in [0.1, 0.15) is 6.29 Å². The maximum absolute atomic E-state index is 10.8. The molecule has 0 radical (unpaired) electrons. The Morgan fingerprint density at radius 2 is 1.93 bits per heavy atom. The van der Waals surface area contributed by atoms with E-state index < -0.39 is 11.9 Å². The summed E-state index contributed by atoms with van der Waals surface area (Å²) in [4.78, 5) is 21.1. The van der Waals surface area contributed by atoms with Crippen molar-refractivity contribution in [2.24, 2.45) is 0 Å². The van der Waals surface area contributed by atoms with Crippen LogP contribution in [0.5, 0.6) is 0 Å². The van der Waals surface area contributed by atoms with E-state index in [0.717, 1.165) is 0 Å². The van der Waals surface area contributed by atoms with Crippen molar-refractivity contribution >= 4 is 12.3 Å². The lowest BCUT2D eigenvalue weighted by Crippen LogP contribution is -2.12. The Kier molecular flexibility index (Phi) is 4.00. The average molecular weight is 208 g/mol. The quantitative estimate of drug-likeness (QED) is 0.706. The third kappa shape index (κ3) is 2.89. The first kappa shape index (κ1) is 11.4. The first-order valence-electron chi connectivity index (χ1n) is 4.55. The van der Waals surface area contributed by atoms with Gasteiger partial charge >= 0.3 is 5.97 Å². The Labute approximate surface area is 87.2 Å². The number of hydrogen-bond donors (Lipinski definition) is 2. The van der Waals surface area contributed by atoms with E-state index in [2.05, 4.69) is 0 Å². The third-order valence-electron chi connectivity index (χ3n) is 2.19. The number of aliphatic carboxylic acids is 1. The van der Waals surface area contributed by atoms with Crippen molar-refractivity contribution in [2.75, 3.05) is 0 Å². The Bertz CT molecular complexity index is 342. The zero-order valence-corrected chi connectivity index (χ0v) is 8.09. The second-order valence-electron chi connectivity index (χ2n) is 3.19. The molecule has 1 aromatic rings. The van der Waals surface area contributed by atoms with E-state index in [1.54, 1.807) is 24.3 Å². The van der Waals surface area contributed by atoms with Crippen molar-refractivity contribution < 1.29 is 19.8 Å². The van der Waals surface area contributed by atoms with E-state index in [4.69, 9.17) is 10.2 Å². The van der Waals surface area contributed by atoms with Crippen molar-refractivity contribution in [2.45, 2.75) is 18.9 Å². The molecule has 1 rings (SSSR count). The van der Waals surface area contributed by atoms with Crippen LogP contribution < -0.4 is 0 Å². The van der Waals surface area contributed by atoms with Gasteiger partial charge < -0.3 is 15.0 Å². The standard InChI is InChI=1S/C11H12O4/c12-6-5-10(11(14)15)9-3-1-8(7-13)2-4-9/h1-4,6,10,13H,5,7H2,(H,14,15). The predicted octanol–water partition coefficient (Wildman–Crippen LogP) is 0.936. The zero-order valence-electron chi connectivity index (χ0n) is 8.09. The number of rotatable bonds is 5. The number of benzene rings is 1. The van der Waals surface area contributed by atoms with Crippen LogP contribution in [0.4, 0.5) is 0 Å². The van der Waals surface area contributed by atoms with Crippen LogP contribution in [0.1, 0.15) is 23.5 Å². The summed E-state index contributed by atoms with van der Waals surface area (Å²) in [6.07, 6.45) is 0.562. The lowest BCUT2D eigenvalue weighted by molar-refractivity contribution is -0.139. The molecule has 80 valence electrons. The molecule has 0 aromatic heterocycles. The number of aldehydes is 1. The highest BCUT2D eigenvalue weighted by Crippen LogP contribution is 2.19. The van der Waals surface area contributed by atoms with E-state index in [0.29, 0.717) is 17.4 Å². The lowest BCUT2D eigenvalue weighted by Gasteiger charge is -2.09. The van der Waals surface area contributed by atoms with Gasteiger partial charge in [-0.3, -0.25) is 4.79 Å². The minimum atomic E-state index is -1.01. The number of carboxylic acid groups (broad SMARTS) is 1. The average Bonchev–Trinajstić information content (AvgIpc) is 2.26. The molecule has 0 aliphatic carbocycles. The Morgan fingerprint density at radius 1 is 1.33 bits per heavy atom. The van der Waals surface area contributed by atoms with Gasteiger partial charge in [-0.2, -0.15) is 0 Å². The zero-order chi connectivity index (χ0) is 11.3. The maximum Gasteiger partial charge on any atom is 0.311 e. The molecule has 0 heterocycles. The molecule has 1 unspecified atom stereocenters. The first-order valence-corrected chi connectivity index (χ1v) is 4.55. The summed E-state index contributed by atoms with van der Waals surface area (Å²) in [6.45, 7) is -0.0777. The molecule has 0 aliphatic rings. The third-order valence-corrected chi connectivity index (χ3v) is 2.19. The SMILES string of the molecule is O=CCC(C(=O)O)c1ccc(CO)cc1. The van der Waals surface area contributed by atoms with E-state index in [9.17, 15) is 9.59 Å². The molecular weight excluding hydrogens is 196 g/mol. The number of carbonyl (C=O) groups excluding carboxylic acids is 1. The summed E-state index contributed by atoms with van der Waals surface area (Å²) in [7, 11) is 0. The van der Waals surface area contributed by atoms with Gasteiger partial charge in [-0.1, -0.05) is 24.3 Å². The number of carbonyl (C=O) groups is 2. The molecule has 4 nitrogen and oxygen atoms in total. The number of hydrogen-bond acceptors (Lipinski definition) is 3. The summed E-state index contributed by atoms with van der Waals surface area (Å²) in [5.74, 6) is -1.81. The van der Waals surface area contributed by atoms with Crippen molar-refractivity contribution in [3.63, 3.8) is 0 Å². The predicted molar refractivity (Wildman–Crippen MR) is 53.4 cm³/mol. The van der Waals surface area contributed by atoms with Gasteiger partial charge in [0, 0.05) is 6.42 Å². The topological polar surface area (TPSA) is 74.6 Å². The first-order chi connectivity index (χ1) is 7.19. The van der Waals surface area contributed by atoms with E-state index in [-0.39, 0.29) is 13.0 Å². The summed E-state index contributed by atoms with van der Waals surface area (Å²) >= 11 is 0. The minimum Gasteiger partial charge on any atom is -0.481 e. The molecule has 1 aromatic carbocycles. The second-order valence-corrected chi connectivity index (χ2v) is 3.19. The number of aliphatic hydroxyl groups is 1. The van der Waals surface area contributed by atoms with E-state index in [1.807, 2.05) is 0 Å². The molecule has 0 amide bonds. The molecule has 15 heavy (non-hydrogen) atoms. The van der Waals surface area contributed by atoms with Gasteiger partial charge in [0.25, 0.3) is 0 Å². The maximum atomic E-state index is 10.8. The summed E-state index contributed by atoms with van der Waals surface area (Å²) in [5.41, 5.74) is 1.29. The fraction of sp³-hybridized carbons (Fsp3) is 0.273. The number of carboxylic acids is 1. The van der Waals surface area contributed by atoms with Crippen LogP contribution in [0, 0.1) is 0 Å². The van der Waals surface area contributed by atoms with Gasteiger partial charge in [0.2, 0.25) is 0 Å². The normalized spacial score (nSPS) is 12.1. The fourth-order valence-corrected chi connectivity index (χ4v) is 1.33. The van der Waals surface area contributed by atoms with Crippen molar-refractivity contribution in [3.05, 3.63) is 35.4 Å². The molecule has 0 saturated carbocycles. The van der Waals surface area contributed by atoms with Crippen LogP contribution in [0.25, 0.3) is 0 Å². The molecule has 0 saturated heterocycles. The molecule has 0 aliphatic heterocycles. The van der Waals surface area contributed by atoms with Gasteiger partial charge in [0.05, 0.1) is 12.5 Å². The molecule has 0 bridgehead atoms. The highest BCUT2D eigenvalue weighted by Gasteiger charge is 2.18. The van der Waals surface area contributed by atoms with Crippen LogP contribution >= 0.6 is 0 Å². The fourth-order valence-electron chi connectivity index (χ4n) is 1.33. The van der Waals surface area contributed by atoms with Gasteiger partial charge in [0.15, 0.2) is 0 Å².